The maximum Gasteiger partial charge on any atom is 0.225 e. The molecule has 2 amide bonds. The average molecular weight is 374 g/mol. The summed E-state index contributed by atoms with van der Waals surface area (Å²) in [5.74, 6) is -0.414. The molecule has 1 N–H and O–H groups in total. The first-order valence-corrected chi connectivity index (χ1v) is 11.0. The van der Waals surface area contributed by atoms with Crippen LogP contribution < -0.4 is 5.32 Å². The zero-order chi connectivity index (χ0) is 18.8. The van der Waals surface area contributed by atoms with Crippen LogP contribution >= 0.6 is 0 Å². The predicted octanol–water partition coefficient (Wildman–Crippen LogP) is 0.257. The molecule has 25 heavy (non-hydrogen) atoms. The molecule has 0 aliphatic carbocycles. The smallest absolute Gasteiger partial charge is 0.225 e. The van der Waals surface area contributed by atoms with Crippen molar-refractivity contribution < 1.29 is 18.0 Å². The molecule has 0 spiro atoms. The van der Waals surface area contributed by atoms with Gasteiger partial charge in [0.05, 0.1) is 17.4 Å². The van der Waals surface area contributed by atoms with Gasteiger partial charge in [0.2, 0.25) is 11.8 Å². The van der Waals surface area contributed by atoms with Gasteiger partial charge in [0.25, 0.3) is 0 Å². The van der Waals surface area contributed by atoms with E-state index >= 15 is 0 Å². The maximum atomic E-state index is 12.4. The zero-order valence-electron chi connectivity index (χ0n) is 15.7. The number of nitrogens with zero attached hydrogens (tertiary/aromatic N) is 2. The molecule has 0 saturated carbocycles. The van der Waals surface area contributed by atoms with Crippen molar-refractivity contribution in [1.82, 2.24) is 15.1 Å². The molecule has 0 aromatic heterocycles. The van der Waals surface area contributed by atoms with Crippen molar-refractivity contribution in [3.8, 4) is 0 Å². The fraction of sp³-hybridized carbons (Fsp3) is 0.882. The van der Waals surface area contributed by atoms with Crippen molar-refractivity contribution in [2.75, 3.05) is 31.1 Å². The maximum absolute atomic E-state index is 12.4. The molecule has 2 saturated heterocycles. The summed E-state index contributed by atoms with van der Waals surface area (Å²) >= 11 is 0. The largest absolute Gasteiger partial charge is 0.355 e. The molecule has 0 radical (unpaired) electrons. The Morgan fingerprint density at radius 1 is 1.28 bits per heavy atom. The minimum Gasteiger partial charge on any atom is -0.355 e. The van der Waals surface area contributed by atoms with Crippen LogP contribution in [-0.2, 0) is 19.4 Å². The zero-order valence-corrected chi connectivity index (χ0v) is 16.5. The number of sulfone groups is 1. The fourth-order valence-electron chi connectivity index (χ4n) is 3.85. The molecule has 144 valence electrons. The summed E-state index contributed by atoms with van der Waals surface area (Å²) in [6.07, 6.45) is 0.667. The van der Waals surface area contributed by atoms with Gasteiger partial charge in [0.15, 0.2) is 9.84 Å². The summed E-state index contributed by atoms with van der Waals surface area (Å²) in [5.41, 5.74) is 0. The van der Waals surface area contributed by atoms with Crippen LogP contribution in [0, 0.1) is 5.92 Å². The van der Waals surface area contributed by atoms with Gasteiger partial charge >= 0.3 is 0 Å². The highest BCUT2D eigenvalue weighted by Crippen LogP contribution is 2.26. The molecule has 2 atom stereocenters. The van der Waals surface area contributed by atoms with E-state index in [1.807, 2.05) is 0 Å². The first kappa shape index (κ1) is 20.2. The van der Waals surface area contributed by atoms with Gasteiger partial charge in [-0.1, -0.05) is 0 Å². The van der Waals surface area contributed by atoms with Crippen LogP contribution in [0.4, 0.5) is 0 Å². The molecule has 2 aliphatic rings. The Labute approximate surface area is 151 Å². The Morgan fingerprint density at radius 3 is 2.44 bits per heavy atom. The van der Waals surface area contributed by atoms with Gasteiger partial charge in [-0.25, -0.2) is 8.42 Å². The number of hydrogen-bond donors (Lipinski definition) is 1. The van der Waals surface area contributed by atoms with Crippen molar-refractivity contribution in [3.63, 3.8) is 0 Å². The number of nitrogens with one attached hydrogen (secondary N) is 1. The van der Waals surface area contributed by atoms with Crippen LogP contribution in [0.3, 0.4) is 0 Å². The number of hydrogen-bond acceptors (Lipinski definition) is 5. The third kappa shape index (κ3) is 5.17. The summed E-state index contributed by atoms with van der Waals surface area (Å²) < 4.78 is 23.2. The molecule has 2 rings (SSSR count). The number of rotatable bonds is 7. The van der Waals surface area contributed by atoms with Crippen molar-refractivity contribution >= 4 is 21.7 Å². The minimum atomic E-state index is -3.03. The van der Waals surface area contributed by atoms with Crippen LogP contribution in [0.15, 0.2) is 0 Å². The number of likely N-dealkylation sites (tertiary alicyclic amines) is 1. The average Bonchev–Trinajstić information content (AvgIpc) is 3.05. The normalized spacial score (nSPS) is 26.2. The third-order valence-electron chi connectivity index (χ3n) is 5.17. The lowest BCUT2D eigenvalue weighted by molar-refractivity contribution is -0.130. The Balaban J connectivity index is 1.82. The van der Waals surface area contributed by atoms with E-state index in [0.717, 1.165) is 6.54 Å². The van der Waals surface area contributed by atoms with E-state index in [1.165, 1.54) is 0 Å². The SMILES string of the molecule is CC(C)N(CCNC(=O)[C@@H]1CC(=O)N([C@H]2CCS(=O)(=O)C2)C1)C(C)C. The molecule has 2 aliphatic heterocycles. The topological polar surface area (TPSA) is 86.8 Å². The van der Waals surface area contributed by atoms with Crippen molar-refractivity contribution in [2.45, 2.75) is 58.7 Å². The highest BCUT2D eigenvalue weighted by molar-refractivity contribution is 7.91. The van der Waals surface area contributed by atoms with E-state index in [4.69, 9.17) is 0 Å². The molecule has 7 nitrogen and oxygen atoms in total. The first-order valence-electron chi connectivity index (χ1n) is 9.14. The monoisotopic (exact) mass is 373 g/mol. The summed E-state index contributed by atoms with van der Waals surface area (Å²) in [7, 11) is -3.03. The van der Waals surface area contributed by atoms with Crippen molar-refractivity contribution in [1.29, 1.82) is 0 Å². The second-order valence-corrected chi connectivity index (χ2v) is 9.95. The molecule has 2 fully saturated rings. The van der Waals surface area contributed by atoms with Gasteiger partial charge in [0, 0.05) is 44.2 Å². The molecular weight excluding hydrogens is 342 g/mol. The molecule has 0 bridgehead atoms. The van der Waals surface area contributed by atoms with Crippen molar-refractivity contribution in [3.05, 3.63) is 0 Å². The van der Waals surface area contributed by atoms with Crippen LogP contribution in [0.25, 0.3) is 0 Å². The second-order valence-electron chi connectivity index (χ2n) is 7.72. The van der Waals surface area contributed by atoms with Crippen molar-refractivity contribution in [2.24, 2.45) is 5.92 Å². The number of carbonyl (C=O) groups excluding carboxylic acids is 2. The number of carbonyl (C=O) groups is 2. The van der Waals surface area contributed by atoms with Gasteiger partial charge in [0.1, 0.15) is 0 Å². The van der Waals surface area contributed by atoms with E-state index < -0.39 is 9.84 Å². The predicted molar refractivity (Wildman–Crippen MR) is 96.9 cm³/mol. The van der Waals surface area contributed by atoms with E-state index in [9.17, 15) is 18.0 Å². The summed E-state index contributed by atoms with van der Waals surface area (Å²) in [6, 6.07) is 0.558. The molecule has 0 aromatic carbocycles. The lowest BCUT2D eigenvalue weighted by Crippen LogP contribution is -2.44. The summed E-state index contributed by atoms with van der Waals surface area (Å²) in [4.78, 5) is 28.5. The van der Waals surface area contributed by atoms with Gasteiger partial charge < -0.3 is 10.2 Å². The Morgan fingerprint density at radius 2 is 1.92 bits per heavy atom. The molecular formula is C17H31N3O4S. The van der Waals surface area contributed by atoms with E-state index in [-0.39, 0.29) is 41.7 Å². The van der Waals surface area contributed by atoms with Crippen LogP contribution in [-0.4, -0.2) is 79.3 Å². The van der Waals surface area contributed by atoms with E-state index in [1.54, 1.807) is 4.90 Å². The lowest BCUT2D eigenvalue weighted by atomic mass is 10.1. The molecule has 2 heterocycles. The van der Waals surface area contributed by atoms with Crippen LogP contribution in [0.1, 0.15) is 40.5 Å². The quantitative estimate of drug-likeness (QED) is 0.692. The van der Waals surface area contributed by atoms with E-state index in [0.29, 0.717) is 31.6 Å². The Bertz CT molecular complexity index is 595. The minimum absolute atomic E-state index is 0.0326. The van der Waals surface area contributed by atoms with Crippen LogP contribution in [0.5, 0.6) is 0 Å². The summed E-state index contributed by atoms with van der Waals surface area (Å²) in [6.45, 7) is 10.2. The number of amides is 2. The van der Waals surface area contributed by atoms with Gasteiger partial charge in [-0.05, 0) is 34.1 Å². The first-order chi connectivity index (χ1) is 11.6. The highest BCUT2D eigenvalue weighted by atomic mass is 32.2. The Kier molecular flexibility index (Phi) is 6.48. The molecule has 0 aromatic rings. The van der Waals surface area contributed by atoms with Gasteiger partial charge in [-0.15, -0.1) is 0 Å². The summed E-state index contributed by atoms with van der Waals surface area (Å²) in [5, 5.41) is 2.94. The lowest BCUT2D eigenvalue weighted by Gasteiger charge is -2.30. The van der Waals surface area contributed by atoms with Crippen LogP contribution in [0.2, 0.25) is 0 Å². The molecule has 8 heteroatoms. The highest BCUT2D eigenvalue weighted by Gasteiger charge is 2.41. The van der Waals surface area contributed by atoms with E-state index in [2.05, 4.69) is 37.9 Å². The Hall–Kier alpha value is -1.15. The fourth-order valence-corrected chi connectivity index (χ4v) is 5.58. The third-order valence-corrected chi connectivity index (χ3v) is 6.92. The van der Waals surface area contributed by atoms with Gasteiger partial charge in [-0.2, -0.15) is 0 Å². The van der Waals surface area contributed by atoms with Gasteiger partial charge in [-0.3, -0.25) is 14.5 Å². The standard InChI is InChI=1S/C17H31N3O4S/c1-12(2)19(13(3)4)7-6-18-17(22)14-9-16(21)20(10-14)15-5-8-25(23,24)11-15/h12-15H,5-11H2,1-4H3,(H,18,22)/t14-,15+/m1/s1. The second kappa shape index (κ2) is 8.03. The molecule has 0 unspecified atom stereocenters.